The van der Waals surface area contributed by atoms with E-state index < -0.39 is 0 Å². The highest BCUT2D eigenvalue weighted by atomic mass is 16.3. The Labute approximate surface area is 148 Å². The number of allylic oxidation sites excluding steroid dienone is 3. The molecule has 24 heavy (non-hydrogen) atoms. The fourth-order valence-electron chi connectivity index (χ4n) is 2.98. The molecule has 0 aromatic carbocycles. The van der Waals surface area contributed by atoms with E-state index in [4.69, 9.17) is 10.2 Å². The van der Waals surface area contributed by atoms with E-state index in [9.17, 15) is 0 Å². The molecule has 3 unspecified atom stereocenters. The van der Waals surface area contributed by atoms with Crippen molar-refractivity contribution in [1.29, 1.82) is 0 Å². The van der Waals surface area contributed by atoms with Gasteiger partial charge in [0.05, 0.1) is 13.2 Å². The maximum atomic E-state index is 8.87. The van der Waals surface area contributed by atoms with Crippen molar-refractivity contribution in [3.05, 3.63) is 23.3 Å². The summed E-state index contributed by atoms with van der Waals surface area (Å²) in [5, 5.41) is 24.2. The number of hydrogen-bond donors (Lipinski definition) is 4. The molecule has 0 bridgehead atoms. The summed E-state index contributed by atoms with van der Waals surface area (Å²) in [6.07, 6.45) is 8.66. The van der Waals surface area contributed by atoms with Crippen LogP contribution in [0.25, 0.3) is 0 Å². The Hall–Kier alpha value is -0.680. The molecule has 2 aliphatic heterocycles. The van der Waals surface area contributed by atoms with Crippen molar-refractivity contribution >= 4 is 0 Å². The fourth-order valence-corrected chi connectivity index (χ4v) is 2.98. The minimum absolute atomic E-state index is 0.174. The van der Waals surface area contributed by atoms with Gasteiger partial charge in [-0.15, -0.1) is 0 Å². The van der Waals surface area contributed by atoms with E-state index in [1.54, 1.807) is 0 Å². The van der Waals surface area contributed by atoms with Crippen LogP contribution in [0.2, 0.25) is 0 Å². The first-order valence-corrected chi connectivity index (χ1v) is 9.20. The van der Waals surface area contributed by atoms with Crippen molar-refractivity contribution in [1.82, 2.24) is 10.6 Å². The second-order valence-corrected chi connectivity index (χ2v) is 8.31. The minimum atomic E-state index is 0.174. The van der Waals surface area contributed by atoms with Crippen molar-refractivity contribution < 1.29 is 10.2 Å². The number of hydrogen-bond acceptors (Lipinski definition) is 4. The molecule has 4 N–H and O–H groups in total. The molecule has 2 aliphatic rings. The minimum Gasteiger partial charge on any atom is -0.395 e. The summed E-state index contributed by atoms with van der Waals surface area (Å²) in [5.74, 6) is 0. The molecule has 0 spiro atoms. The molecule has 0 saturated carbocycles. The summed E-state index contributed by atoms with van der Waals surface area (Å²) >= 11 is 0. The highest BCUT2D eigenvalue weighted by Gasteiger charge is 2.47. The molecule has 2 fully saturated rings. The normalized spacial score (nSPS) is 30.2. The summed E-state index contributed by atoms with van der Waals surface area (Å²) in [4.78, 5) is 0. The van der Waals surface area contributed by atoms with Crippen LogP contribution < -0.4 is 10.6 Å². The van der Waals surface area contributed by atoms with Crippen molar-refractivity contribution in [2.75, 3.05) is 13.2 Å². The van der Waals surface area contributed by atoms with Gasteiger partial charge in [-0.3, -0.25) is 0 Å². The van der Waals surface area contributed by atoms with E-state index in [-0.39, 0.29) is 18.8 Å². The molecule has 2 heterocycles. The molecule has 0 radical (unpaired) electrons. The largest absolute Gasteiger partial charge is 0.395 e. The van der Waals surface area contributed by atoms with Crippen LogP contribution in [0.15, 0.2) is 23.3 Å². The molecule has 2 rings (SSSR count). The van der Waals surface area contributed by atoms with Gasteiger partial charge in [-0.1, -0.05) is 23.3 Å². The van der Waals surface area contributed by atoms with Gasteiger partial charge in [0.1, 0.15) is 0 Å². The molecule has 0 amide bonds. The topological polar surface area (TPSA) is 84.3 Å². The van der Waals surface area contributed by atoms with Gasteiger partial charge in [-0.2, -0.15) is 0 Å². The van der Waals surface area contributed by atoms with E-state index in [1.807, 2.05) is 6.08 Å². The van der Waals surface area contributed by atoms with E-state index in [1.165, 1.54) is 17.6 Å². The summed E-state index contributed by atoms with van der Waals surface area (Å²) in [5.41, 5.74) is 3.24. The first-order valence-electron chi connectivity index (χ1n) is 9.20. The molecular formula is C20H38N2O2. The maximum absolute atomic E-state index is 8.87. The Bertz CT molecular complexity index is 453. The van der Waals surface area contributed by atoms with Gasteiger partial charge in [0, 0.05) is 23.2 Å². The van der Waals surface area contributed by atoms with Crippen molar-refractivity contribution in [2.24, 2.45) is 0 Å². The molecule has 4 nitrogen and oxygen atoms in total. The lowest BCUT2D eigenvalue weighted by molar-refractivity contribution is 0.288. The quantitative estimate of drug-likeness (QED) is 0.405. The van der Waals surface area contributed by atoms with E-state index >= 15 is 0 Å². The highest BCUT2D eigenvalue weighted by molar-refractivity contribution is 5.12. The zero-order valence-electron chi connectivity index (χ0n) is 16.4. The number of rotatable bonds is 8. The van der Waals surface area contributed by atoms with Gasteiger partial charge in [0.2, 0.25) is 0 Å². The average Bonchev–Trinajstić information content (AvgIpc) is 3.32. The average molecular weight is 339 g/mol. The van der Waals surface area contributed by atoms with Crippen molar-refractivity contribution in [2.45, 2.75) is 90.4 Å². The van der Waals surface area contributed by atoms with Gasteiger partial charge < -0.3 is 20.8 Å². The van der Waals surface area contributed by atoms with Crippen LogP contribution in [-0.2, 0) is 0 Å². The van der Waals surface area contributed by atoms with Gasteiger partial charge in [0.15, 0.2) is 0 Å². The lowest BCUT2D eigenvalue weighted by atomic mass is 10.0. The molecule has 0 aliphatic carbocycles. The Morgan fingerprint density at radius 2 is 1.62 bits per heavy atom. The van der Waals surface area contributed by atoms with E-state index in [0.29, 0.717) is 17.6 Å². The van der Waals surface area contributed by atoms with Crippen LogP contribution in [0.1, 0.15) is 67.2 Å². The molecule has 0 aromatic rings. The fraction of sp³-hybridized carbons (Fsp3) is 0.800. The zero-order valence-corrected chi connectivity index (χ0v) is 16.4. The zero-order chi connectivity index (χ0) is 18.4. The first-order chi connectivity index (χ1) is 11.1. The van der Waals surface area contributed by atoms with Crippen LogP contribution in [0.4, 0.5) is 0 Å². The van der Waals surface area contributed by atoms with Crippen LogP contribution in [0, 0.1) is 0 Å². The third kappa shape index (κ3) is 7.47. The Balaban J connectivity index is 0.000000240. The number of aliphatic hydroxyl groups excluding tert-OH is 2. The van der Waals surface area contributed by atoms with Gasteiger partial charge in [-0.05, 0) is 67.2 Å². The van der Waals surface area contributed by atoms with Crippen LogP contribution in [0.3, 0.4) is 0 Å². The highest BCUT2D eigenvalue weighted by Crippen LogP contribution is 2.31. The third-order valence-corrected chi connectivity index (χ3v) is 5.19. The second-order valence-electron chi connectivity index (χ2n) is 8.31. The predicted octanol–water partition coefficient (Wildman–Crippen LogP) is 2.91. The lowest BCUT2D eigenvalue weighted by Crippen LogP contribution is -2.12. The summed E-state index contributed by atoms with van der Waals surface area (Å²) in [7, 11) is 0. The number of aliphatic hydroxyl groups is 2. The van der Waals surface area contributed by atoms with Gasteiger partial charge >= 0.3 is 0 Å². The molecule has 140 valence electrons. The summed E-state index contributed by atoms with van der Waals surface area (Å²) in [6, 6.07) is 1.02. The standard InChI is InChI=1S/2C10H19NO/c1-8(6-7-12)4-5-9-10(2,3)11-9;1-8(2)5-4-6-10(3)9(7-12)11-10/h6,9,11-12H,4-5,7H2,1-3H3;5,9,11-12H,4,6-7H2,1-3H3/b8-6+;. The molecule has 2 saturated heterocycles. The number of nitrogens with one attached hydrogen (secondary N) is 2. The van der Waals surface area contributed by atoms with Crippen LogP contribution in [0.5, 0.6) is 0 Å². The summed E-state index contributed by atoms with van der Waals surface area (Å²) in [6.45, 7) is 13.4. The Kier molecular flexibility index (Phi) is 8.13. The second kappa shape index (κ2) is 9.14. The molecule has 0 aromatic heterocycles. The molecular weight excluding hydrogens is 300 g/mol. The Morgan fingerprint density at radius 1 is 1.00 bits per heavy atom. The first kappa shape index (κ1) is 21.4. The van der Waals surface area contributed by atoms with Gasteiger partial charge in [0.25, 0.3) is 0 Å². The predicted molar refractivity (Wildman–Crippen MR) is 102 cm³/mol. The molecule has 3 atom stereocenters. The smallest absolute Gasteiger partial charge is 0.0614 e. The van der Waals surface area contributed by atoms with E-state index in [0.717, 1.165) is 19.3 Å². The van der Waals surface area contributed by atoms with Crippen molar-refractivity contribution in [3.63, 3.8) is 0 Å². The van der Waals surface area contributed by atoms with E-state index in [2.05, 4.69) is 58.3 Å². The summed E-state index contributed by atoms with van der Waals surface area (Å²) < 4.78 is 0. The van der Waals surface area contributed by atoms with Crippen LogP contribution in [-0.4, -0.2) is 46.6 Å². The van der Waals surface area contributed by atoms with Gasteiger partial charge in [-0.25, -0.2) is 0 Å². The van der Waals surface area contributed by atoms with Crippen LogP contribution >= 0.6 is 0 Å². The lowest BCUT2D eigenvalue weighted by Gasteiger charge is -2.05. The maximum Gasteiger partial charge on any atom is 0.0614 e. The monoisotopic (exact) mass is 338 g/mol. The SMILES string of the molecule is C/C(=C\CO)CCC1NC1(C)C.CC(C)=CCCC1(C)NC1CO. The molecule has 4 heteroatoms. The third-order valence-electron chi connectivity index (χ3n) is 5.19. The Morgan fingerprint density at radius 3 is 2.04 bits per heavy atom. The van der Waals surface area contributed by atoms with Crippen molar-refractivity contribution in [3.8, 4) is 0 Å².